The molecule has 2 amide bonds. The van der Waals surface area contributed by atoms with Crippen LogP contribution in [0.2, 0.25) is 0 Å². The topological polar surface area (TPSA) is 41.1 Å². The summed E-state index contributed by atoms with van der Waals surface area (Å²) in [7, 11) is 0. The van der Waals surface area contributed by atoms with Crippen molar-refractivity contribution in [1.29, 1.82) is 0 Å². The number of amides is 2. The molecule has 0 spiro atoms. The van der Waals surface area contributed by atoms with Crippen molar-refractivity contribution in [3.05, 3.63) is 0 Å². The lowest BCUT2D eigenvalue weighted by Gasteiger charge is -2.10. The quantitative estimate of drug-likeness (QED) is 0.590. The Labute approximate surface area is 67.0 Å². The van der Waals surface area contributed by atoms with Gasteiger partial charge in [-0.1, -0.05) is 13.8 Å². The van der Waals surface area contributed by atoms with Gasteiger partial charge < -0.3 is 10.6 Å². The molecule has 3 nitrogen and oxygen atoms in total. The Bertz CT molecular complexity index is 127. The molecular weight excluding hydrogens is 152 g/mol. The zero-order valence-corrected chi connectivity index (χ0v) is 6.99. The molecule has 0 bridgehead atoms. The van der Waals surface area contributed by atoms with Crippen molar-refractivity contribution in [2.24, 2.45) is 5.92 Å². The van der Waals surface area contributed by atoms with E-state index < -0.39 is 0 Å². The molecule has 1 aliphatic rings. The lowest BCUT2D eigenvalue weighted by molar-refractivity contribution is 0.246. The summed E-state index contributed by atoms with van der Waals surface area (Å²) in [6.45, 7) is 4.96. The van der Waals surface area contributed by atoms with Gasteiger partial charge in [0.15, 0.2) is 0 Å². The molecule has 4 heteroatoms. The fraction of sp³-hybridized carbons (Fsp3) is 0.833. The minimum atomic E-state index is -0.0336. The van der Waals surface area contributed by atoms with Crippen molar-refractivity contribution in [1.82, 2.24) is 10.6 Å². The van der Waals surface area contributed by atoms with Gasteiger partial charge in [0, 0.05) is 6.54 Å². The van der Waals surface area contributed by atoms with Crippen molar-refractivity contribution in [3.63, 3.8) is 0 Å². The number of urea groups is 1. The Hall–Kier alpha value is -0.440. The Balaban J connectivity index is 0.000000810. The molecule has 0 aromatic carbocycles. The Morgan fingerprint density at radius 2 is 2.20 bits per heavy atom. The van der Waals surface area contributed by atoms with Crippen molar-refractivity contribution >= 4 is 18.4 Å². The van der Waals surface area contributed by atoms with Gasteiger partial charge in [-0.3, -0.25) is 0 Å². The summed E-state index contributed by atoms with van der Waals surface area (Å²) < 4.78 is 0. The summed E-state index contributed by atoms with van der Waals surface area (Å²) in [4.78, 5) is 10.5. The van der Waals surface area contributed by atoms with Gasteiger partial charge in [0.1, 0.15) is 0 Å². The standard InChI is InChI=1S/C6H12N2O.ClH/c1-4(2)5-3-7-6(9)8-5;/h4-5H,3H2,1-2H3,(H2,7,8,9);1H. The van der Waals surface area contributed by atoms with Crippen molar-refractivity contribution in [3.8, 4) is 0 Å². The maximum absolute atomic E-state index is 10.5. The fourth-order valence-electron chi connectivity index (χ4n) is 0.875. The van der Waals surface area contributed by atoms with Crippen LogP contribution in [-0.2, 0) is 0 Å². The van der Waals surface area contributed by atoms with E-state index in [1.807, 2.05) is 0 Å². The number of carbonyl (C=O) groups excluding carboxylic acids is 1. The summed E-state index contributed by atoms with van der Waals surface area (Å²) in [5.74, 6) is 0.531. The van der Waals surface area contributed by atoms with Crippen LogP contribution in [0.15, 0.2) is 0 Å². The van der Waals surface area contributed by atoms with Crippen LogP contribution in [0.25, 0.3) is 0 Å². The van der Waals surface area contributed by atoms with Gasteiger partial charge in [0.25, 0.3) is 0 Å². The van der Waals surface area contributed by atoms with Crippen molar-refractivity contribution in [2.75, 3.05) is 6.54 Å². The first-order valence-electron chi connectivity index (χ1n) is 3.24. The lowest BCUT2D eigenvalue weighted by atomic mass is 10.1. The van der Waals surface area contributed by atoms with E-state index in [1.165, 1.54) is 0 Å². The largest absolute Gasteiger partial charge is 0.336 e. The number of rotatable bonds is 1. The van der Waals surface area contributed by atoms with Gasteiger partial charge >= 0.3 is 6.03 Å². The van der Waals surface area contributed by atoms with E-state index in [-0.39, 0.29) is 18.4 Å². The highest BCUT2D eigenvalue weighted by atomic mass is 35.5. The van der Waals surface area contributed by atoms with Gasteiger partial charge in [-0.25, -0.2) is 4.79 Å². The zero-order chi connectivity index (χ0) is 6.85. The van der Waals surface area contributed by atoms with Crippen LogP contribution in [0.3, 0.4) is 0 Å². The molecule has 0 radical (unpaired) electrons. The number of carbonyl (C=O) groups is 1. The van der Waals surface area contributed by atoms with Crippen LogP contribution >= 0.6 is 12.4 Å². The highest BCUT2D eigenvalue weighted by Crippen LogP contribution is 2.02. The minimum Gasteiger partial charge on any atom is -0.336 e. The first kappa shape index (κ1) is 9.56. The third-order valence-electron chi connectivity index (χ3n) is 1.60. The van der Waals surface area contributed by atoms with Gasteiger partial charge in [-0.05, 0) is 5.92 Å². The first-order valence-corrected chi connectivity index (χ1v) is 3.24. The van der Waals surface area contributed by atoms with E-state index in [1.54, 1.807) is 0 Å². The molecule has 1 unspecified atom stereocenters. The minimum absolute atomic E-state index is 0. The summed E-state index contributed by atoms with van der Waals surface area (Å²) in [6.07, 6.45) is 0. The summed E-state index contributed by atoms with van der Waals surface area (Å²) in [5, 5.41) is 5.50. The maximum atomic E-state index is 10.5. The molecule has 0 aromatic rings. The second-order valence-corrected chi connectivity index (χ2v) is 2.70. The van der Waals surface area contributed by atoms with E-state index in [0.29, 0.717) is 12.0 Å². The normalized spacial score (nSPS) is 23.5. The fourth-order valence-corrected chi connectivity index (χ4v) is 0.875. The molecule has 1 heterocycles. The van der Waals surface area contributed by atoms with E-state index in [4.69, 9.17) is 0 Å². The molecular formula is C6H13ClN2O. The van der Waals surface area contributed by atoms with E-state index in [9.17, 15) is 4.79 Å². The van der Waals surface area contributed by atoms with Crippen LogP contribution in [0.1, 0.15) is 13.8 Å². The molecule has 0 aromatic heterocycles. The molecule has 2 N–H and O–H groups in total. The summed E-state index contributed by atoms with van der Waals surface area (Å²) in [6, 6.07) is 0.297. The predicted octanol–water partition coefficient (Wildman–Crippen LogP) is 0.746. The second kappa shape index (κ2) is 3.66. The third kappa shape index (κ3) is 2.06. The number of hydrogen-bond acceptors (Lipinski definition) is 1. The predicted molar refractivity (Wildman–Crippen MR) is 42.4 cm³/mol. The van der Waals surface area contributed by atoms with Gasteiger partial charge in [0.05, 0.1) is 6.04 Å². The molecule has 1 aliphatic heterocycles. The Morgan fingerprint density at radius 1 is 1.60 bits per heavy atom. The molecule has 1 saturated heterocycles. The molecule has 1 atom stereocenters. The van der Waals surface area contributed by atoms with Gasteiger partial charge in [-0.2, -0.15) is 0 Å². The van der Waals surface area contributed by atoms with Crippen molar-refractivity contribution in [2.45, 2.75) is 19.9 Å². The molecule has 1 fully saturated rings. The average molecular weight is 165 g/mol. The lowest BCUT2D eigenvalue weighted by Crippen LogP contribution is -2.30. The number of hydrogen-bond donors (Lipinski definition) is 2. The van der Waals surface area contributed by atoms with Crippen LogP contribution in [0, 0.1) is 5.92 Å². The summed E-state index contributed by atoms with van der Waals surface area (Å²) >= 11 is 0. The highest BCUT2D eigenvalue weighted by molar-refractivity contribution is 5.85. The average Bonchev–Trinajstić information content (AvgIpc) is 2.14. The van der Waals surface area contributed by atoms with Crippen LogP contribution in [0.4, 0.5) is 4.79 Å². The van der Waals surface area contributed by atoms with Crippen LogP contribution in [0.5, 0.6) is 0 Å². The molecule has 0 saturated carbocycles. The highest BCUT2D eigenvalue weighted by Gasteiger charge is 2.21. The number of halogens is 1. The molecule has 10 heavy (non-hydrogen) atoms. The van der Waals surface area contributed by atoms with Gasteiger partial charge in [0.2, 0.25) is 0 Å². The SMILES string of the molecule is CC(C)C1CNC(=O)N1.Cl. The van der Waals surface area contributed by atoms with E-state index in [0.717, 1.165) is 6.54 Å². The molecule has 60 valence electrons. The zero-order valence-electron chi connectivity index (χ0n) is 6.18. The van der Waals surface area contributed by atoms with E-state index in [2.05, 4.69) is 24.5 Å². The van der Waals surface area contributed by atoms with Crippen LogP contribution < -0.4 is 10.6 Å². The Kier molecular flexibility index (Phi) is 3.50. The number of nitrogens with one attached hydrogen (secondary N) is 2. The van der Waals surface area contributed by atoms with Crippen molar-refractivity contribution < 1.29 is 4.79 Å². The maximum Gasteiger partial charge on any atom is 0.315 e. The first-order chi connectivity index (χ1) is 4.20. The van der Waals surface area contributed by atoms with Gasteiger partial charge in [-0.15, -0.1) is 12.4 Å². The second-order valence-electron chi connectivity index (χ2n) is 2.70. The summed E-state index contributed by atoms with van der Waals surface area (Å²) in [5.41, 5.74) is 0. The smallest absolute Gasteiger partial charge is 0.315 e. The molecule has 1 rings (SSSR count). The van der Waals surface area contributed by atoms with Crippen LogP contribution in [-0.4, -0.2) is 18.6 Å². The third-order valence-corrected chi connectivity index (χ3v) is 1.60. The van der Waals surface area contributed by atoms with E-state index >= 15 is 0 Å². The molecule has 0 aliphatic carbocycles. The monoisotopic (exact) mass is 164 g/mol. The Morgan fingerprint density at radius 3 is 2.40 bits per heavy atom.